The highest BCUT2D eigenvalue weighted by Crippen LogP contribution is 2.21. The normalized spacial score (nSPS) is 13.1. The standard InChI is InChI=1S/C16H26N4O/c1-12(2)10-18-16(17)19-11-15(20(3)4)13-6-8-14(21-5)9-7-13/h6-9,15H,1,10-11H2,2-5H3,(H3,17,18,19). The van der Waals surface area contributed by atoms with Gasteiger partial charge in [0, 0.05) is 6.54 Å². The highest BCUT2D eigenvalue weighted by molar-refractivity contribution is 5.78. The molecule has 1 aromatic carbocycles. The van der Waals surface area contributed by atoms with Gasteiger partial charge in [-0.25, -0.2) is 0 Å². The molecule has 0 aliphatic heterocycles. The van der Waals surface area contributed by atoms with Crippen LogP contribution in [0.1, 0.15) is 18.5 Å². The lowest BCUT2D eigenvalue weighted by Crippen LogP contribution is -2.34. The Labute approximate surface area is 127 Å². The summed E-state index contributed by atoms with van der Waals surface area (Å²) >= 11 is 0. The molecule has 21 heavy (non-hydrogen) atoms. The minimum atomic E-state index is 0.168. The average molecular weight is 290 g/mol. The Kier molecular flexibility index (Phi) is 6.75. The predicted octanol–water partition coefficient (Wildman–Crippen LogP) is 1.78. The van der Waals surface area contributed by atoms with Gasteiger partial charge < -0.3 is 20.7 Å². The Morgan fingerprint density at radius 2 is 2.00 bits per heavy atom. The Bertz CT molecular complexity index is 480. The SMILES string of the molecule is C=C(C)CNC(N)=NCC(c1ccc(OC)cc1)N(C)C. The zero-order valence-corrected chi connectivity index (χ0v) is 13.4. The van der Waals surface area contributed by atoms with E-state index in [1.165, 1.54) is 5.56 Å². The quantitative estimate of drug-likeness (QED) is 0.456. The van der Waals surface area contributed by atoms with Crippen LogP contribution in [0.2, 0.25) is 0 Å². The molecule has 0 heterocycles. The largest absolute Gasteiger partial charge is 0.497 e. The summed E-state index contributed by atoms with van der Waals surface area (Å²) in [6.07, 6.45) is 0. The van der Waals surface area contributed by atoms with Crippen molar-refractivity contribution in [3.8, 4) is 5.75 Å². The molecule has 0 saturated carbocycles. The van der Waals surface area contributed by atoms with Gasteiger partial charge in [0.1, 0.15) is 5.75 Å². The maximum absolute atomic E-state index is 5.85. The van der Waals surface area contributed by atoms with Crippen molar-refractivity contribution >= 4 is 5.96 Å². The molecule has 1 rings (SSSR count). The van der Waals surface area contributed by atoms with Gasteiger partial charge in [-0.2, -0.15) is 0 Å². The third kappa shape index (κ3) is 5.87. The third-order valence-electron chi connectivity index (χ3n) is 3.13. The number of ether oxygens (including phenoxy) is 1. The molecule has 1 unspecified atom stereocenters. The van der Waals surface area contributed by atoms with Crippen molar-refractivity contribution in [3.63, 3.8) is 0 Å². The molecule has 1 aromatic rings. The molecular formula is C16H26N4O. The Hall–Kier alpha value is -2.01. The first-order chi connectivity index (χ1) is 9.93. The summed E-state index contributed by atoms with van der Waals surface area (Å²) < 4.78 is 5.18. The number of aliphatic imine (C=N–C) groups is 1. The van der Waals surface area contributed by atoms with Gasteiger partial charge in [-0.05, 0) is 38.7 Å². The molecule has 0 saturated heterocycles. The average Bonchev–Trinajstić information content (AvgIpc) is 2.45. The van der Waals surface area contributed by atoms with Crippen molar-refractivity contribution < 1.29 is 4.74 Å². The molecule has 0 spiro atoms. The summed E-state index contributed by atoms with van der Waals surface area (Å²) in [5.74, 6) is 1.29. The number of rotatable bonds is 7. The Balaban J connectivity index is 2.73. The zero-order chi connectivity index (χ0) is 15.8. The van der Waals surface area contributed by atoms with Crippen LogP contribution < -0.4 is 15.8 Å². The Morgan fingerprint density at radius 3 is 2.48 bits per heavy atom. The van der Waals surface area contributed by atoms with Crippen molar-refractivity contribution in [2.24, 2.45) is 10.7 Å². The van der Waals surface area contributed by atoms with Crippen LogP contribution in [0.5, 0.6) is 5.75 Å². The molecule has 0 bridgehead atoms. The van der Waals surface area contributed by atoms with Crippen molar-refractivity contribution in [3.05, 3.63) is 42.0 Å². The molecule has 0 amide bonds. The number of guanidine groups is 1. The minimum Gasteiger partial charge on any atom is -0.497 e. The van der Waals surface area contributed by atoms with Crippen LogP contribution in [0.3, 0.4) is 0 Å². The number of hydrogen-bond acceptors (Lipinski definition) is 3. The molecule has 5 nitrogen and oxygen atoms in total. The number of benzene rings is 1. The van der Waals surface area contributed by atoms with Crippen LogP contribution in [0, 0.1) is 0 Å². The van der Waals surface area contributed by atoms with Gasteiger partial charge in [-0.1, -0.05) is 24.3 Å². The van der Waals surface area contributed by atoms with Crippen LogP contribution in [0.4, 0.5) is 0 Å². The lowest BCUT2D eigenvalue weighted by Gasteiger charge is -2.23. The van der Waals surface area contributed by atoms with E-state index in [0.29, 0.717) is 19.0 Å². The van der Waals surface area contributed by atoms with Gasteiger partial charge in [-0.3, -0.25) is 4.99 Å². The van der Waals surface area contributed by atoms with Gasteiger partial charge in [0.25, 0.3) is 0 Å². The van der Waals surface area contributed by atoms with E-state index in [4.69, 9.17) is 10.5 Å². The van der Waals surface area contributed by atoms with E-state index in [9.17, 15) is 0 Å². The van der Waals surface area contributed by atoms with E-state index in [0.717, 1.165) is 11.3 Å². The van der Waals surface area contributed by atoms with E-state index in [1.807, 2.05) is 33.2 Å². The van der Waals surface area contributed by atoms with Crippen LogP contribution in [0.15, 0.2) is 41.4 Å². The Morgan fingerprint density at radius 1 is 1.38 bits per heavy atom. The van der Waals surface area contributed by atoms with E-state index < -0.39 is 0 Å². The van der Waals surface area contributed by atoms with Crippen LogP contribution in [-0.4, -0.2) is 45.2 Å². The molecule has 0 radical (unpaired) electrons. The summed E-state index contributed by atoms with van der Waals surface area (Å²) in [5.41, 5.74) is 8.05. The fraction of sp³-hybridized carbons (Fsp3) is 0.438. The van der Waals surface area contributed by atoms with E-state index in [1.54, 1.807) is 7.11 Å². The highest BCUT2D eigenvalue weighted by Gasteiger charge is 2.13. The molecule has 3 N–H and O–H groups in total. The summed E-state index contributed by atoms with van der Waals surface area (Å²) in [7, 11) is 5.72. The molecule has 5 heteroatoms. The number of methoxy groups -OCH3 is 1. The maximum Gasteiger partial charge on any atom is 0.188 e. The minimum absolute atomic E-state index is 0.168. The lowest BCUT2D eigenvalue weighted by atomic mass is 10.1. The molecule has 0 aliphatic rings. The molecular weight excluding hydrogens is 264 g/mol. The molecule has 0 aliphatic carbocycles. The van der Waals surface area contributed by atoms with Crippen molar-refractivity contribution in [2.45, 2.75) is 13.0 Å². The number of nitrogens with zero attached hydrogens (tertiary/aromatic N) is 2. The molecule has 116 valence electrons. The van der Waals surface area contributed by atoms with Gasteiger partial charge in [0.2, 0.25) is 0 Å². The van der Waals surface area contributed by atoms with E-state index in [2.05, 4.69) is 33.9 Å². The summed E-state index contributed by atoms with van der Waals surface area (Å²) in [4.78, 5) is 6.53. The molecule has 0 aromatic heterocycles. The first-order valence-electron chi connectivity index (χ1n) is 6.92. The van der Waals surface area contributed by atoms with Crippen LogP contribution in [0.25, 0.3) is 0 Å². The van der Waals surface area contributed by atoms with Gasteiger partial charge in [0.15, 0.2) is 5.96 Å². The van der Waals surface area contributed by atoms with Gasteiger partial charge in [-0.15, -0.1) is 0 Å². The lowest BCUT2D eigenvalue weighted by molar-refractivity contribution is 0.306. The highest BCUT2D eigenvalue weighted by atomic mass is 16.5. The zero-order valence-electron chi connectivity index (χ0n) is 13.4. The van der Waals surface area contributed by atoms with E-state index in [-0.39, 0.29) is 6.04 Å². The number of hydrogen-bond donors (Lipinski definition) is 2. The first kappa shape index (κ1) is 17.0. The predicted molar refractivity (Wildman–Crippen MR) is 88.7 cm³/mol. The summed E-state index contributed by atoms with van der Waals surface area (Å²) in [6.45, 7) is 7.00. The second kappa shape index (κ2) is 8.32. The third-order valence-corrected chi connectivity index (χ3v) is 3.13. The maximum atomic E-state index is 5.85. The fourth-order valence-corrected chi connectivity index (χ4v) is 1.88. The monoisotopic (exact) mass is 290 g/mol. The van der Waals surface area contributed by atoms with Crippen LogP contribution >= 0.6 is 0 Å². The molecule has 1 atom stereocenters. The summed E-state index contributed by atoms with van der Waals surface area (Å²) in [5, 5.41) is 3.04. The van der Waals surface area contributed by atoms with E-state index >= 15 is 0 Å². The fourth-order valence-electron chi connectivity index (χ4n) is 1.88. The van der Waals surface area contributed by atoms with Crippen molar-refractivity contribution in [1.29, 1.82) is 0 Å². The smallest absolute Gasteiger partial charge is 0.188 e. The van der Waals surface area contributed by atoms with Gasteiger partial charge >= 0.3 is 0 Å². The second-order valence-electron chi connectivity index (χ2n) is 5.29. The topological polar surface area (TPSA) is 62.9 Å². The molecule has 0 fully saturated rings. The number of likely N-dealkylation sites (N-methyl/N-ethyl adjacent to an activating group) is 1. The number of nitrogens with one attached hydrogen (secondary N) is 1. The van der Waals surface area contributed by atoms with Crippen molar-refractivity contribution in [1.82, 2.24) is 10.2 Å². The van der Waals surface area contributed by atoms with Crippen molar-refractivity contribution in [2.75, 3.05) is 34.3 Å². The summed E-state index contributed by atoms with van der Waals surface area (Å²) in [6, 6.07) is 8.19. The second-order valence-corrected chi connectivity index (χ2v) is 5.29. The first-order valence-corrected chi connectivity index (χ1v) is 6.92. The number of nitrogens with two attached hydrogens (primary N) is 1. The van der Waals surface area contributed by atoms with Gasteiger partial charge in [0.05, 0.1) is 19.7 Å². The van der Waals surface area contributed by atoms with Crippen LogP contribution in [-0.2, 0) is 0 Å².